The summed E-state index contributed by atoms with van der Waals surface area (Å²) in [6, 6.07) is 2.83. The normalized spacial score (nSPS) is 19.5. The lowest BCUT2D eigenvalue weighted by Gasteiger charge is -2.22. The number of carboxylic acid groups (broad SMARTS) is 1. The van der Waals surface area contributed by atoms with Gasteiger partial charge in [-0.25, -0.2) is 9.18 Å². The summed E-state index contributed by atoms with van der Waals surface area (Å²) < 4.78 is 21.3. The molecule has 2 atom stereocenters. The highest BCUT2D eigenvalue weighted by atomic mass is 19.1. The van der Waals surface area contributed by atoms with E-state index in [1.54, 1.807) is 4.90 Å². The van der Waals surface area contributed by atoms with Gasteiger partial charge in [-0.15, -0.1) is 0 Å². The molecule has 5 N–H and O–H groups in total. The summed E-state index contributed by atoms with van der Waals surface area (Å²) in [7, 11) is 0. The molecule has 3 aromatic rings. The number of rotatable bonds is 3. The standard InChI is InChI=1S/C18H18FN5O4/c1-8-5-23(7-10(8)20)12-4-11-14(16(21)15(12)19)17(25)9(18(26)27)6-24(11)13-2-3-28-22-13/h2-4,6,8,10H,5,7,20-21H2,1H3,(H,26,27)/t8-,10+/m0/s1. The maximum atomic E-state index is 15.1. The first-order valence-electron chi connectivity index (χ1n) is 8.61. The first-order valence-corrected chi connectivity index (χ1v) is 8.61. The maximum absolute atomic E-state index is 15.1. The Bertz CT molecular complexity index is 1130. The van der Waals surface area contributed by atoms with Crippen molar-refractivity contribution in [3.05, 3.63) is 46.2 Å². The largest absolute Gasteiger partial charge is 0.477 e. The van der Waals surface area contributed by atoms with E-state index in [1.165, 1.54) is 23.0 Å². The third-order valence-corrected chi connectivity index (χ3v) is 5.16. The van der Waals surface area contributed by atoms with Gasteiger partial charge in [0.05, 0.1) is 22.3 Å². The van der Waals surface area contributed by atoms with Crippen molar-refractivity contribution in [2.24, 2.45) is 11.7 Å². The number of halogens is 1. The molecule has 1 aliphatic rings. The number of nitrogens with two attached hydrogens (primary N) is 2. The van der Waals surface area contributed by atoms with Crippen molar-refractivity contribution in [3.8, 4) is 5.82 Å². The Morgan fingerprint density at radius 1 is 1.43 bits per heavy atom. The predicted molar refractivity (Wildman–Crippen MR) is 100 cm³/mol. The Kier molecular flexibility index (Phi) is 4.07. The molecule has 9 nitrogen and oxygen atoms in total. The van der Waals surface area contributed by atoms with Crippen molar-refractivity contribution in [1.29, 1.82) is 0 Å². The molecule has 0 spiro atoms. The van der Waals surface area contributed by atoms with Crippen LogP contribution in [0.25, 0.3) is 16.7 Å². The fourth-order valence-electron chi connectivity index (χ4n) is 3.56. The predicted octanol–water partition coefficient (Wildman–Crippen LogP) is 1.18. The van der Waals surface area contributed by atoms with E-state index >= 15 is 4.39 Å². The molecule has 4 rings (SSSR count). The third kappa shape index (κ3) is 2.61. The Morgan fingerprint density at radius 2 is 2.18 bits per heavy atom. The van der Waals surface area contributed by atoms with Crippen LogP contribution in [-0.4, -0.2) is 39.9 Å². The van der Waals surface area contributed by atoms with Crippen molar-refractivity contribution >= 4 is 28.2 Å². The average Bonchev–Trinajstić information content (AvgIpc) is 3.28. The van der Waals surface area contributed by atoms with E-state index in [1.807, 2.05) is 6.92 Å². The van der Waals surface area contributed by atoms with Crippen molar-refractivity contribution in [3.63, 3.8) is 0 Å². The molecule has 2 aromatic heterocycles. The van der Waals surface area contributed by atoms with Crippen LogP contribution in [0.1, 0.15) is 17.3 Å². The smallest absolute Gasteiger partial charge is 0.341 e. The van der Waals surface area contributed by atoms with Crippen molar-refractivity contribution in [1.82, 2.24) is 9.72 Å². The Balaban J connectivity index is 2.06. The lowest BCUT2D eigenvalue weighted by atomic mass is 10.1. The summed E-state index contributed by atoms with van der Waals surface area (Å²) in [6.45, 7) is 2.94. The van der Waals surface area contributed by atoms with Gasteiger partial charge in [0.1, 0.15) is 11.8 Å². The molecule has 1 aliphatic heterocycles. The minimum atomic E-state index is -1.45. The van der Waals surface area contributed by atoms with Crippen LogP contribution in [-0.2, 0) is 0 Å². The fourth-order valence-corrected chi connectivity index (χ4v) is 3.56. The van der Waals surface area contributed by atoms with E-state index in [2.05, 4.69) is 5.16 Å². The number of carboxylic acids is 1. The summed E-state index contributed by atoms with van der Waals surface area (Å²) in [6.07, 6.45) is 2.43. The lowest BCUT2D eigenvalue weighted by Crippen LogP contribution is -2.29. The molecule has 0 radical (unpaired) electrons. The molecule has 146 valence electrons. The zero-order valence-corrected chi connectivity index (χ0v) is 14.9. The van der Waals surface area contributed by atoms with E-state index in [-0.39, 0.29) is 34.4 Å². The first-order chi connectivity index (χ1) is 13.3. The number of pyridine rings is 1. The number of nitrogens with zero attached hydrogens (tertiary/aromatic N) is 3. The second-order valence-electron chi connectivity index (χ2n) is 6.97. The summed E-state index contributed by atoms with van der Waals surface area (Å²) >= 11 is 0. The van der Waals surface area contributed by atoms with Gasteiger partial charge in [-0.05, 0) is 12.0 Å². The lowest BCUT2D eigenvalue weighted by molar-refractivity contribution is 0.0695. The zero-order valence-electron chi connectivity index (χ0n) is 14.9. The number of hydrogen-bond acceptors (Lipinski definition) is 7. The molecular formula is C18H18FN5O4. The first kappa shape index (κ1) is 18.0. The Labute approximate surface area is 157 Å². The van der Waals surface area contributed by atoms with Crippen molar-refractivity contribution in [2.45, 2.75) is 13.0 Å². The summed E-state index contributed by atoms with van der Waals surface area (Å²) in [5, 5.41) is 13.0. The molecule has 1 saturated heterocycles. The van der Waals surface area contributed by atoms with Gasteiger partial charge in [-0.1, -0.05) is 12.1 Å². The SMILES string of the molecule is C[C@H]1CN(c2cc3c(c(N)c2F)c(=O)c(C(=O)O)cn3-c2ccon2)C[C@H]1N. The fraction of sp³-hybridized carbons (Fsp3) is 0.278. The highest BCUT2D eigenvalue weighted by Gasteiger charge is 2.30. The minimum Gasteiger partial charge on any atom is -0.477 e. The highest BCUT2D eigenvalue weighted by molar-refractivity contribution is 5.99. The molecule has 0 saturated carbocycles. The van der Waals surface area contributed by atoms with Gasteiger partial charge in [-0.2, -0.15) is 0 Å². The van der Waals surface area contributed by atoms with E-state index in [4.69, 9.17) is 16.0 Å². The molecule has 3 heterocycles. The molecule has 1 fully saturated rings. The van der Waals surface area contributed by atoms with Crippen molar-refractivity contribution in [2.75, 3.05) is 23.7 Å². The van der Waals surface area contributed by atoms with Gasteiger partial charge in [0, 0.05) is 31.4 Å². The molecule has 28 heavy (non-hydrogen) atoms. The molecule has 0 aliphatic carbocycles. The van der Waals surface area contributed by atoms with Crippen LogP contribution in [0.2, 0.25) is 0 Å². The molecule has 0 unspecified atom stereocenters. The number of aromatic carboxylic acids is 1. The van der Waals surface area contributed by atoms with Crippen molar-refractivity contribution < 1.29 is 18.8 Å². The summed E-state index contributed by atoms with van der Waals surface area (Å²) in [5.41, 5.74) is 10.6. The number of nitrogen functional groups attached to an aromatic ring is 1. The summed E-state index contributed by atoms with van der Waals surface area (Å²) in [4.78, 5) is 26.0. The van der Waals surface area contributed by atoms with Crippen LogP contribution < -0.4 is 21.8 Å². The average molecular weight is 387 g/mol. The van der Waals surface area contributed by atoms with Gasteiger partial charge in [-0.3, -0.25) is 9.36 Å². The number of carbonyl (C=O) groups is 1. The molecule has 1 aromatic carbocycles. The van der Waals surface area contributed by atoms with Gasteiger partial charge in [0.25, 0.3) is 0 Å². The second kappa shape index (κ2) is 6.34. The minimum absolute atomic E-state index is 0.122. The molecule has 10 heteroatoms. The van der Waals surface area contributed by atoms with E-state index in [0.29, 0.717) is 13.1 Å². The topological polar surface area (TPSA) is 141 Å². The summed E-state index contributed by atoms with van der Waals surface area (Å²) in [5.74, 6) is -1.84. The van der Waals surface area contributed by atoms with Crippen LogP contribution in [0, 0.1) is 11.7 Å². The number of aromatic nitrogens is 2. The van der Waals surface area contributed by atoms with Crippen LogP contribution in [0.3, 0.4) is 0 Å². The third-order valence-electron chi connectivity index (χ3n) is 5.16. The number of benzene rings is 1. The number of anilines is 2. The maximum Gasteiger partial charge on any atom is 0.341 e. The van der Waals surface area contributed by atoms with E-state index in [0.717, 1.165) is 6.20 Å². The van der Waals surface area contributed by atoms with Gasteiger partial charge < -0.3 is 26.0 Å². The molecule has 0 amide bonds. The number of fused-ring (bicyclic) bond motifs is 1. The Morgan fingerprint density at radius 3 is 2.75 bits per heavy atom. The van der Waals surface area contributed by atoms with Crippen LogP contribution in [0.5, 0.6) is 0 Å². The Hall–Kier alpha value is -3.40. The van der Waals surface area contributed by atoms with E-state index in [9.17, 15) is 14.7 Å². The molecular weight excluding hydrogens is 369 g/mol. The van der Waals surface area contributed by atoms with Crippen LogP contribution >= 0.6 is 0 Å². The zero-order chi connectivity index (χ0) is 20.2. The van der Waals surface area contributed by atoms with E-state index < -0.39 is 28.5 Å². The second-order valence-corrected chi connectivity index (χ2v) is 6.97. The van der Waals surface area contributed by atoms with Gasteiger partial charge >= 0.3 is 5.97 Å². The van der Waals surface area contributed by atoms with Crippen LogP contribution in [0.15, 0.2) is 33.9 Å². The molecule has 0 bridgehead atoms. The van der Waals surface area contributed by atoms with Crippen LogP contribution in [0.4, 0.5) is 15.8 Å². The quantitative estimate of drug-likeness (QED) is 0.569. The van der Waals surface area contributed by atoms with Gasteiger partial charge in [0.15, 0.2) is 11.6 Å². The highest BCUT2D eigenvalue weighted by Crippen LogP contribution is 2.34. The monoisotopic (exact) mass is 387 g/mol. The number of hydrogen-bond donors (Lipinski definition) is 3. The van der Waals surface area contributed by atoms with Gasteiger partial charge in [0.2, 0.25) is 5.43 Å².